The van der Waals surface area contributed by atoms with Crippen LogP contribution < -0.4 is 5.32 Å². The molecule has 0 amide bonds. The highest BCUT2D eigenvalue weighted by Crippen LogP contribution is 2.25. The van der Waals surface area contributed by atoms with Crippen LogP contribution in [0.15, 0.2) is 67.0 Å². The third-order valence-corrected chi connectivity index (χ3v) is 3.74. The van der Waals surface area contributed by atoms with Crippen molar-refractivity contribution in [3.63, 3.8) is 0 Å². The number of hydrogen-bond acceptors (Lipinski definition) is 4. The Morgan fingerprint density at radius 3 is 2.64 bits per heavy atom. The van der Waals surface area contributed by atoms with E-state index in [4.69, 9.17) is 0 Å². The number of nitrogens with one attached hydrogen (secondary N) is 2. The van der Waals surface area contributed by atoms with Crippen molar-refractivity contribution >= 4 is 11.5 Å². The molecule has 0 aliphatic heterocycles. The van der Waals surface area contributed by atoms with Gasteiger partial charge >= 0.3 is 0 Å². The van der Waals surface area contributed by atoms with Gasteiger partial charge in [-0.1, -0.05) is 12.1 Å². The van der Waals surface area contributed by atoms with Crippen molar-refractivity contribution in [3.05, 3.63) is 72.8 Å². The number of aromatic nitrogens is 4. The summed E-state index contributed by atoms with van der Waals surface area (Å²) in [6.45, 7) is 0. The molecule has 0 aliphatic carbocycles. The highest BCUT2D eigenvalue weighted by molar-refractivity contribution is 5.67. The van der Waals surface area contributed by atoms with Crippen LogP contribution in [0.25, 0.3) is 16.9 Å². The Hall–Kier alpha value is -3.61. The van der Waals surface area contributed by atoms with Crippen LogP contribution in [0.5, 0.6) is 5.75 Å². The quantitative estimate of drug-likeness (QED) is 0.495. The molecule has 2 heterocycles. The van der Waals surface area contributed by atoms with Gasteiger partial charge < -0.3 is 10.4 Å². The molecule has 2 aromatic heterocycles. The van der Waals surface area contributed by atoms with Gasteiger partial charge in [0, 0.05) is 24.5 Å². The lowest BCUT2D eigenvalue weighted by molar-refractivity contribution is 0.469. The highest BCUT2D eigenvalue weighted by Gasteiger charge is 2.08. The van der Waals surface area contributed by atoms with Crippen LogP contribution in [0.4, 0.5) is 15.9 Å². The summed E-state index contributed by atoms with van der Waals surface area (Å²) in [4.78, 5) is 0. The van der Waals surface area contributed by atoms with E-state index in [9.17, 15) is 9.50 Å². The number of phenols is 1. The summed E-state index contributed by atoms with van der Waals surface area (Å²) >= 11 is 0. The minimum Gasteiger partial charge on any atom is -0.508 e. The predicted molar refractivity (Wildman–Crippen MR) is 92.5 cm³/mol. The molecule has 0 unspecified atom stereocenters. The number of aromatic amines is 1. The molecule has 0 spiro atoms. The molecule has 25 heavy (non-hydrogen) atoms. The molecule has 0 radical (unpaired) electrons. The SMILES string of the molecule is Oc1ccc(Nc2cc(-c3ccc(-n4cccn4)cc3)[nH]n2)c(F)c1. The Kier molecular flexibility index (Phi) is 3.66. The lowest BCUT2D eigenvalue weighted by Crippen LogP contribution is -1.93. The molecule has 0 aliphatic rings. The Balaban J connectivity index is 1.54. The summed E-state index contributed by atoms with van der Waals surface area (Å²) in [7, 11) is 0. The molecule has 4 rings (SSSR count). The van der Waals surface area contributed by atoms with E-state index < -0.39 is 5.82 Å². The van der Waals surface area contributed by atoms with Crippen molar-refractivity contribution in [3.8, 4) is 22.7 Å². The Morgan fingerprint density at radius 1 is 1.08 bits per heavy atom. The van der Waals surface area contributed by atoms with E-state index in [1.165, 1.54) is 12.1 Å². The zero-order valence-electron chi connectivity index (χ0n) is 13.0. The van der Waals surface area contributed by atoms with E-state index in [2.05, 4.69) is 20.6 Å². The fourth-order valence-corrected chi connectivity index (χ4v) is 2.49. The number of H-pyrrole nitrogens is 1. The second-order valence-electron chi connectivity index (χ2n) is 5.45. The van der Waals surface area contributed by atoms with Crippen LogP contribution >= 0.6 is 0 Å². The number of anilines is 2. The van der Waals surface area contributed by atoms with Gasteiger partial charge in [0.1, 0.15) is 11.6 Å². The molecule has 0 fully saturated rings. The van der Waals surface area contributed by atoms with Crippen LogP contribution in [0, 0.1) is 5.82 Å². The van der Waals surface area contributed by atoms with Crippen LogP contribution in [0.2, 0.25) is 0 Å². The zero-order chi connectivity index (χ0) is 17.2. The van der Waals surface area contributed by atoms with Gasteiger partial charge in [0.15, 0.2) is 5.82 Å². The van der Waals surface area contributed by atoms with Gasteiger partial charge in [0.25, 0.3) is 0 Å². The van der Waals surface area contributed by atoms with Crippen molar-refractivity contribution in [1.82, 2.24) is 20.0 Å². The number of nitrogens with zero attached hydrogens (tertiary/aromatic N) is 3. The van der Waals surface area contributed by atoms with E-state index >= 15 is 0 Å². The molecule has 4 aromatic rings. The lowest BCUT2D eigenvalue weighted by Gasteiger charge is -2.04. The van der Waals surface area contributed by atoms with Gasteiger partial charge in [0.05, 0.1) is 17.1 Å². The average Bonchev–Trinajstić information content (AvgIpc) is 3.30. The molecule has 0 saturated carbocycles. The summed E-state index contributed by atoms with van der Waals surface area (Å²) in [5.41, 5.74) is 2.94. The van der Waals surface area contributed by atoms with Crippen molar-refractivity contribution < 1.29 is 9.50 Å². The second kappa shape index (κ2) is 6.12. The number of halogens is 1. The molecular formula is C18H14FN5O. The predicted octanol–water partition coefficient (Wildman–Crippen LogP) is 3.85. The molecule has 7 heteroatoms. The molecule has 6 nitrogen and oxygen atoms in total. The molecular weight excluding hydrogens is 321 g/mol. The molecule has 2 aromatic carbocycles. The first-order chi connectivity index (χ1) is 12.2. The molecule has 0 atom stereocenters. The first kappa shape index (κ1) is 14.9. The third kappa shape index (κ3) is 3.07. The van der Waals surface area contributed by atoms with Crippen molar-refractivity contribution in [2.45, 2.75) is 0 Å². The maximum atomic E-state index is 13.8. The first-order valence-corrected chi connectivity index (χ1v) is 7.60. The van der Waals surface area contributed by atoms with Gasteiger partial charge in [-0.25, -0.2) is 9.07 Å². The first-order valence-electron chi connectivity index (χ1n) is 7.60. The summed E-state index contributed by atoms with van der Waals surface area (Å²) in [5, 5.41) is 23.4. The van der Waals surface area contributed by atoms with Crippen molar-refractivity contribution in [1.29, 1.82) is 0 Å². The number of rotatable bonds is 4. The van der Waals surface area contributed by atoms with Crippen molar-refractivity contribution in [2.24, 2.45) is 0 Å². The molecule has 0 saturated heterocycles. The average molecular weight is 335 g/mol. The standard InChI is InChI=1S/C18H14FN5O/c19-15-10-14(25)6-7-16(15)21-18-11-17(22-23-18)12-2-4-13(5-3-12)24-9-1-8-20-24/h1-11,25H,(H2,21,22,23). The van der Waals surface area contributed by atoms with Gasteiger partial charge in [-0.15, -0.1) is 0 Å². The molecule has 3 N–H and O–H groups in total. The summed E-state index contributed by atoms with van der Waals surface area (Å²) in [6, 6.07) is 15.4. The number of aromatic hydroxyl groups is 1. The van der Waals surface area contributed by atoms with Crippen molar-refractivity contribution in [2.75, 3.05) is 5.32 Å². The maximum absolute atomic E-state index is 13.8. The van der Waals surface area contributed by atoms with E-state index in [1.54, 1.807) is 16.9 Å². The zero-order valence-corrected chi connectivity index (χ0v) is 13.0. The number of hydrogen-bond donors (Lipinski definition) is 3. The topological polar surface area (TPSA) is 78.8 Å². The van der Waals surface area contributed by atoms with Gasteiger partial charge in [-0.2, -0.15) is 10.2 Å². The third-order valence-electron chi connectivity index (χ3n) is 3.74. The normalized spacial score (nSPS) is 10.8. The Bertz CT molecular complexity index is 993. The Morgan fingerprint density at radius 2 is 1.92 bits per heavy atom. The maximum Gasteiger partial charge on any atom is 0.152 e. The lowest BCUT2D eigenvalue weighted by atomic mass is 10.1. The van der Waals surface area contributed by atoms with Crippen LogP contribution in [0.1, 0.15) is 0 Å². The van der Waals surface area contributed by atoms with E-state index in [0.717, 1.165) is 23.0 Å². The van der Waals surface area contributed by atoms with Crippen LogP contribution in [0.3, 0.4) is 0 Å². The number of phenolic OH excluding ortho intramolecular Hbond substituents is 1. The van der Waals surface area contributed by atoms with E-state index in [1.807, 2.05) is 36.5 Å². The highest BCUT2D eigenvalue weighted by atomic mass is 19.1. The molecule has 0 bridgehead atoms. The smallest absolute Gasteiger partial charge is 0.152 e. The van der Waals surface area contributed by atoms with Gasteiger partial charge in [-0.05, 0) is 35.9 Å². The molecule has 124 valence electrons. The monoisotopic (exact) mass is 335 g/mol. The fourth-order valence-electron chi connectivity index (χ4n) is 2.49. The van der Waals surface area contributed by atoms with Gasteiger partial charge in [-0.3, -0.25) is 5.10 Å². The summed E-state index contributed by atoms with van der Waals surface area (Å²) in [5.74, 6) is -0.188. The second-order valence-corrected chi connectivity index (χ2v) is 5.45. The number of benzene rings is 2. The summed E-state index contributed by atoms with van der Waals surface area (Å²) < 4.78 is 15.6. The van der Waals surface area contributed by atoms with E-state index in [0.29, 0.717) is 5.82 Å². The van der Waals surface area contributed by atoms with Crippen LogP contribution in [-0.2, 0) is 0 Å². The largest absolute Gasteiger partial charge is 0.508 e. The fraction of sp³-hybridized carbons (Fsp3) is 0. The van der Waals surface area contributed by atoms with Gasteiger partial charge in [0.2, 0.25) is 0 Å². The minimum atomic E-state index is -0.548. The Labute approximate surface area is 142 Å². The van der Waals surface area contributed by atoms with E-state index in [-0.39, 0.29) is 11.4 Å². The minimum absolute atomic E-state index is 0.122. The summed E-state index contributed by atoms with van der Waals surface area (Å²) in [6.07, 6.45) is 3.60. The van der Waals surface area contributed by atoms with Crippen LogP contribution in [-0.4, -0.2) is 25.1 Å².